The lowest BCUT2D eigenvalue weighted by Crippen LogP contribution is -2.48. The maximum absolute atomic E-state index is 12.5. The lowest BCUT2D eigenvalue weighted by Gasteiger charge is -2.35. The number of aromatic nitrogens is 1. The van der Waals surface area contributed by atoms with Gasteiger partial charge in [-0.2, -0.15) is 0 Å². The molecule has 1 aromatic rings. The number of rotatable bonds is 5. The van der Waals surface area contributed by atoms with E-state index in [0.717, 1.165) is 25.8 Å². The summed E-state index contributed by atoms with van der Waals surface area (Å²) in [6, 6.07) is 3.57. The molecule has 21 heavy (non-hydrogen) atoms. The van der Waals surface area contributed by atoms with Gasteiger partial charge >= 0.3 is 6.03 Å². The Balaban J connectivity index is 2.03. The average Bonchev–Trinajstić information content (AvgIpc) is 2.53. The highest BCUT2D eigenvalue weighted by Gasteiger charge is 2.27. The van der Waals surface area contributed by atoms with Gasteiger partial charge in [-0.05, 0) is 38.3 Å². The van der Waals surface area contributed by atoms with Gasteiger partial charge in [-0.1, -0.05) is 0 Å². The van der Waals surface area contributed by atoms with E-state index in [1.165, 1.54) is 7.11 Å². The number of urea groups is 1. The SMILES string of the molecule is CCOCC1CCCCN1C(=O)Nc1cccnc1OC. The van der Waals surface area contributed by atoms with Crippen molar-refractivity contribution in [2.75, 3.05) is 32.2 Å². The number of anilines is 1. The first-order valence-corrected chi connectivity index (χ1v) is 7.40. The topological polar surface area (TPSA) is 63.7 Å². The molecule has 0 saturated carbocycles. The Morgan fingerprint density at radius 3 is 3.14 bits per heavy atom. The molecule has 0 radical (unpaired) electrons. The fraction of sp³-hybridized carbons (Fsp3) is 0.600. The molecule has 6 heteroatoms. The van der Waals surface area contributed by atoms with Gasteiger partial charge in [0.15, 0.2) is 0 Å². The maximum atomic E-state index is 12.5. The Morgan fingerprint density at radius 2 is 2.38 bits per heavy atom. The zero-order valence-electron chi connectivity index (χ0n) is 12.7. The van der Waals surface area contributed by atoms with Gasteiger partial charge in [-0.15, -0.1) is 0 Å². The minimum atomic E-state index is -0.120. The van der Waals surface area contributed by atoms with Crippen LogP contribution in [0.3, 0.4) is 0 Å². The van der Waals surface area contributed by atoms with Crippen LogP contribution in [0.4, 0.5) is 10.5 Å². The van der Waals surface area contributed by atoms with E-state index in [4.69, 9.17) is 9.47 Å². The molecule has 1 unspecified atom stereocenters. The van der Waals surface area contributed by atoms with Gasteiger partial charge in [0.25, 0.3) is 0 Å². The van der Waals surface area contributed by atoms with E-state index in [2.05, 4.69) is 10.3 Å². The quantitative estimate of drug-likeness (QED) is 0.906. The van der Waals surface area contributed by atoms with Crippen molar-refractivity contribution < 1.29 is 14.3 Å². The molecular weight excluding hydrogens is 270 g/mol. The molecule has 1 fully saturated rings. The predicted octanol–water partition coefficient (Wildman–Crippen LogP) is 2.51. The van der Waals surface area contributed by atoms with Crippen molar-refractivity contribution >= 4 is 11.7 Å². The van der Waals surface area contributed by atoms with Crippen molar-refractivity contribution in [3.8, 4) is 5.88 Å². The minimum absolute atomic E-state index is 0.120. The lowest BCUT2D eigenvalue weighted by atomic mass is 10.0. The van der Waals surface area contributed by atoms with Crippen LogP contribution in [0.2, 0.25) is 0 Å². The molecule has 2 heterocycles. The average molecular weight is 293 g/mol. The van der Waals surface area contributed by atoms with Crippen LogP contribution in [-0.4, -0.2) is 48.8 Å². The number of methoxy groups -OCH3 is 1. The molecule has 0 spiro atoms. The number of likely N-dealkylation sites (tertiary alicyclic amines) is 1. The third kappa shape index (κ3) is 4.07. The van der Waals surface area contributed by atoms with Crippen molar-refractivity contribution in [3.63, 3.8) is 0 Å². The third-order valence-electron chi connectivity index (χ3n) is 3.61. The molecule has 0 bridgehead atoms. The summed E-state index contributed by atoms with van der Waals surface area (Å²) < 4.78 is 10.6. The molecule has 2 amide bonds. The summed E-state index contributed by atoms with van der Waals surface area (Å²) in [6.45, 7) is 3.98. The van der Waals surface area contributed by atoms with Gasteiger partial charge in [0.2, 0.25) is 5.88 Å². The highest BCUT2D eigenvalue weighted by Crippen LogP contribution is 2.23. The van der Waals surface area contributed by atoms with Crippen LogP contribution in [0, 0.1) is 0 Å². The Morgan fingerprint density at radius 1 is 1.52 bits per heavy atom. The highest BCUT2D eigenvalue weighted by molar-refractivity contribution is 5.90. The van der Waals surface area contributed by atoms with Crippen molar-refractivity contribution in [3.05, 3.63) is 18.3 Å². The van der Waals surface area contributed by atoms with E-state index in [-0.39, 0.29) is 12.1 Å². The summed E-state index contributed by atoms with van der Waals surface area (Å²) in [6.07, 6.45) is 4.78. The third-order valence-corrected chi connectivity index (χ3v) is 3.61. The van der Waals surface area contributed by atoms with Crippen LogP contribution in [0.5, 0.6) is 5.88 Å². The summed E-state index contributed by atoms with van der Waals surface area (Å²) >= 11 is 0. The van der Waals surface area contributed by atoms with Crippen molar-refractivity contribution in [1.82, 2.24) is 9.88 Å². The molecular formula is C15H23N3O3. The van der Waals surface area contributed by atoms with Gasteiger partial charge in [0.1, 0.15) is 5.69 Å². The largest absolute Gasteiger partial charge is 0.480 e. The normalized spacial score (nSPS) is 18.4. The Hall–Kier alpha value is -1.82. The van der Waals surface area contributed by atoms with Gasteiger partial charge in [0.05, 0.1) is 19.8 Å². The molecule has 0 aromatic carbocycles. The first-order chi connectivity index (χ1) is 10.3. The molecule has 1 aliphatic heterocycles. The predicted molar refractivity (Wildman–Crippen MR) is 80.6 cm³/mol. The number of nitrogens with zero attached hydrogens (tertiary/aromatic N) is 2. The van der Waals surface area contributed by atoms with E-state index in [0.29, 0.717) is 24.8 Å². The molecule has 1 aliphatic rings. The number of pyridine rings is 1. The Kier molecular flexibility index (Phi) is 5.80. The number of piperidine rings is 1. The standard InChI is InChI=1S/C15H23N3O3/c1-3-21-11-12-7-4-5-10-18(12)15(19)17-13-8-6-9-16-14(13)20-2/h6,8-9,12H,3-5,7,10-11H2,1-2H3,(H,17,19). The smallest absolute Gasteiger partial charge is 0.322 e. The minimum Gasteiger partial charge on any atom is -0.480 e. The van der Waals surface area contributed by atoms with Crippen LogP contribution in [0.15, 0.2) is 18.3 Å². The van der Waals surface area contributed by atoms with Gasteiger partial charge in [-0.3, -0.25) is 0 Å². The number of amides is 2. The van der Waals surface area contributed by atoms with E-state index in [9.17, 15) is 4.79 Å². The number of hydrogen-bond donors (Lipinski definition) is 1. The van der Waals surface area contributed by atoms with Crippen molar-refractivity contribution in [2.24, 2.45) is 0 Å². The summed E-state index contributed by atoms with van der Waals surface area (Å²) in [5.74, 6) is 0.421. The first kappa shape index (κ1) is 15.6. The van der Waals surface area contributed by atoms with E-state index in [1.54, 1.807) is 18.3 Å². The summed E-state index contributed by atoms with van der Waals surface area (Å²) in [5.41, 5.74) is 0.589. The highest BCUT2D eigenvalue weighted by atomic mass is 16.5. The molecule has 1 atom stereocenters. The summed E-state index contributed by atoms with van der Waals surface area (Å²) in [5, 5.41) is 2.88. The van der Waals surface area contributed by atoms with Crippen molar-refractivity contribution in [1.29, 1.82) is 0 Å². The molecule has 1 N–H and O–H groups in total. The molecule has 2 rings (SSSR count). The van der Waals surface area contributed by atoms with Gasteiger partial charge in [0, 0.05) is 19.3 Å². The summed E-state index contributed by atoms with van der Waals surface area (Å²) in [7, 11) is 1.54. The fourth-order valence-corrected chi connectivity index (χ4v) is 2.53. The monoisotopic (exact) mass is 293 g/mol. The van der Waals surface area contributed by atoms with E-state index in [1.807, 2.05) is 11.8 Å². The number of ether oxygens (including phenoxy) is 2. The van der Waals surface area contributed by atoms with Crippen LogP contribution < -0.4 is 10.1 Å². The molecule has 1 aromatic heterocycles. The Bertz CT molecular complexity index is 467. The summed E-state index contributed by atoms with van der Waals surface area (Å²) in [4.78, 5) is 18.4. The van der Waals surface area contributed by atoms with Crippen LogP contribution >= 0.6 is 0 Å². The second-order valence-corrected chi connectivity index (χ2v) is 4.99. The molecule has 6 nitrogen and oxygen atoms in total. The van der Waals surface area contributed by atoms with Gasteiger partial charge < -0.3 is 19.7 Å². The molecule has 0 aliphatic carbocycles. The number of nitrogens with one attached hydrogen (secondary N) is 1. The number of carbonyl (C=O) groups is 1. The van der Waals surface area contributed by atoms with Gasteiger partial charge in [-0.25, -0.2) is 9.78 Å². The zero-order valence-corrected chi connectivity index (χ0v) is 12.7. The zero-order chi connectivity index (χ0) is 15.1. The molecule has 116 valence electrons. The second-order valence-electron chi connectivity index (χ2n) is 4.99. The van der Waals surface area contributed by atoms with E-state index < -0.39 is 0 Å². The first-order valence-electron chi connectivity index (χ1n) is 7.40. The maximum Gasteiger partial charge on any atom is 0.322 e. The lowest BCUT2D eigenvalue weighted by molar-refractivity contribution is 0.0653. The Labute approximate surface area is 125 Å². The molecule has 1 saturated heterocycles. The fourth-order valence-electron chi connectivity index (χ4n) is 2.53. The number of hydrogen-bond acceptors (Lipinski definition) is 4. The van der Waals surface area contributed by atoms with E-state index >= 15 is 0 Å². The number of carbonyl (C=O) groups excluding carboxylic acids is 1. The van der Waals surface area contributed by atoms with Crippen LogP contribution in [0.25, 0.3) is 0 Å². The van der Waals surface area contributed by atoms with Crippen molar-refractivity contribution in [2.45, 2.75) is 32.2 Å². The van der Waals surface area contributed by atoms with Crippen LogP contribution in [-0.2, 0) is 4.74 Å². The van der Waals surface area contributed by atoms with Crippen LogP contribution in [0.1, 0.15) is 26.2 Å². The second kappa shape index (κ2) is 7.83.